The van der Waals surface area contributed by atoms with Gasteiger partial charge in [0.05, 0.1) is 18.3 Å². The number of carbonyl (C=O) groups is 1. The molecular formula is C24H41NaO5. The molecule has 5 nitrogen and oxygen atoms in total. The predicted molar refractivity (Wildman–Crippen MR) is 117 cm³/mol. The van der Waals surface area contributed by atoms with Crippen molar-refractivity contribution in [2.24, 2.45) is 46.3 Å². The molecular weight excluding hydrogens is 391 g/mol. The number of carboxylic acid groups (broad SMARTS) is 1. The molecule has 0 amide bonds. The van der Waals surface area contributed by atoms with E-state index in [-0.39, 0.29) is 70.9 Å². The molecule has 4 fully saturated rings. The molecule has 11 atom stereocenters. The Hall–Kier alpha value is 0.350. The first-order valence-electron chi connectivity index (χ1n) is 11.8. The second-order valence-corrected chi connectivity index (χ2v) is 11.4. The molecule has 168 valence electrons. The van der Waals surface area contributed by atoms with E-state index >= 15 is 0 Å². The number of aliphatic carboxylic acids is 1. The molecule has 0 aromatic carbocycles. The van der Waals surface area contributed by atoms with Gasteiger partial charge in [0.2, 0.25) is 0 Å². The third-order valence-electron chi connectivity index (χ3n) is 10.3. The summed E-state index contributed by atoms with van der Waals surface area (Å²) in [5, 5.41) is 42.0. The van der Waals surface area contributed by atoms with E-state index in [0.29, 0.717) is 30.1 Å². The molecule has 4 saturated carbocycles. The molecule has 0 bridgehead atoms. The summed E-state index contributed by atoms with van der Waals surface area (Å²) in [4.78, 5) is 11.1. The summed E-state index contributed by atoms with van der Waals surface area (Å²) in [7, 11) is 0. The number of fused-ring (bicyclic) bond motifs is 5. The van der Waals surface area contributed by atoms with Crippen LogP contribution in [0.4, 0.5) is 0 Å². The Balaban J connectivity index is 0.00000256. The molecule has 0 unspecified atom stereocenters. The van der Waals surface area contributed by atoms with Crippen LogP contribution in [0, 0.1) is 46.3 Å². The normalized spacial score (nSPS) is 51.1. The first-order valence-corrected chi connectivity index (χ1v) is 11.8. The number of aliphatic hydroxyl groups is 3. The SMILES string of the molecule is C[C@H](CCC(=O)O)[C@H]1CC[C@H]2[C@@H]3[C@H](O)C[C@@H]4C[C@H](O)CC[C@]4(C)[C@H]3C[C@H](O)[C@]12C.[NaH]. The second kappa shape index (κ2) is 8.95. The van der Waals surface area contributed by atoms with Crippen molar-refractivity contribution in [2.45, 2.75) is 96.9 Å². The van der Waals surface area contributed by atoms with Crippen LogP contribution in [0.3, 0.4) is 0 Å². The molecule has 0 aromatic rings. The van der Waals surface area contributed by atoms with Crippen molar-refractivity contribution in [1.82, 2.24) is 0 Å². The zero-order valence-electron chi connectivity index (χ0n) is 18.3. The molecule has 0 saturated heterocycles. The average Bonchev–Trinajstić information content (AvgIpc) is 3.01. The number of hydrogen-bond acceptors (Lipinski definition) is 4. The average molecular weight is 433 g/mol. The van der Waals surface area contributed by atoms with Gasteiger partial charge in [-0.1, -0.05) is 20.8 Å². The molecule has 0 spiro atoms. The van der Waals surface area contributed by atoms with E-state index in [0.717, 1.165) is 44.9 Å². The van der Waals surface area contributed by atoms with Gasteiger partial charge in [-0.25, -0.2) is 0 Å². The van der Waals surface area contributed by atoms with Crippen LogP contribution in [0.25, 0.3) is 0 Å². The van der Waals surface area contributed by atoms with E-state index in [2.05, 4.69) is 20.8 Å². The molecule has 4 N–H and O–H groups in total. The summed E-state index contributed by atoms with van der Waals surface area (Å²) in [5.41, 5.74) is -0.143. The quantitative estimate of drug-likeness (QED) is 0.512. The predicted octanol–water partition coefficient (Wildman–Crippen LogP) is 2.80. The maximum atomic E-state index is 11.5. The minimum atomic E-state index is -0.748. The third-order valence-corrected chi connectivity index (χ3v) is 10.3. The van der Waals surface area contributed by atoms with Crippen LogP contribution in [0.5, 0.6) is 0 Å². The fraction of sp³-hybridized carbons (Fsp3) is 0.958. The van der Waals surface area contributed by atoms with Crippen molar-refractivity contribution < 1.29 is 25.2 Å². The van der Waals surface area contributed by atoms with Gasteiger partial charge in [0.15, 0.2) is 0 Å². The molecule has 4 rings (SSSR count). The standard InChI is InChI=1S/C24H40O5.Na.H/c1-13(4-7-21(28)29)16-5-6-17-22-18(12-20(27)24(16,17)3)23(2)9-8-15(25)10-14(23)11-19(22)26;;/h13-20,22,25-27H,4-12H2,1-3H3,(H,28,29);;/t13-,14+,15-,16-,17+,18+,19-,20+,22+,23+,24-;;/m1../s1. The van der Waals surface area contributed by atoms with E-state index in [1.807, 2.05) is 0 Å². The summed E-state index contributed by atoms with van der Waals surface area (Å²) in [5.74, 6) is 0.997. The molecule has 4 aliphatic rings. The zero-order valence-corrected chi connectivity index (χ0v) is 18.3. The van der Waals surface area contributed by atoms with Gasteiger partial charge >= 0.3 is 35.5 Å². The molecule has 4 aliphatic carbocycles. The van der Waals surface area contributed by atoms with Crippen LogP contribution in [-0.4, -0.2) is 74.3 Å². The van der Waals surface area contributed by atoms with Crippen LogP contribution >= 0.6 is 0 Å². The van der Waals surface area contributed by atoms with Gasteiger partial charge in [-0.3, -0.25) is 4.79 Å². The summed E-state index contributed by atoms with van der Waals surface area (Å²) < 4.78 is 0. The van der Waals surface area contributed by atoms with Gasteiger partial charge in [-0.2, -0.15) is 0 Å². The maximum absolute atomic E-state index is 11.5. The van der Waals surface area contributed by atoms with Crippen molar-refractivity contribution in [3.05, 3.63) is 0 Å². The van der Waals surface area contributed by atoms with Gasteiger partial charge < -0.3 is 20.4 Å². The second-order valence-electron chi connectivity index (χ2n) is 11.4. The Morgan fingerprint density at radius 3 is 2.40 bits per heavy atom. The molecule has 0 heterocycles. The van der Waals surface area contributed by atoms with E-state index in [9.17, 15) is 20.1 Å². The monoisotopic (exact) mass is 432 g/mol. The number of rotatable bonds is 4. The van der Waals surface area contributed by atoms with Gasteiger partial charge in [-0.05, 0) is 97.7 Å². The van der Waals surface area contributed by atoms with Crippen LogP contribution in [-0.2, 0) is 4.79 Å². The Bertz CT molecular complexity index is 643. The zero-order chi connectivity index (χ0) is 21.1. The third kappa shape index (κ3) is 3.84. The summed E-state index contributed by atoms with van der Waals surface area (Å²) >= 11 is 0. The van der Waals surface area contributed by atoms with Gasteiger partial charge in [0, 0.05) is 6.42 Å². The van der Waals surface area contributed by atoms with E-state index in [4.69, 9.17) is 5.11 Å². The van der Waals surface area contributed by atoms with Gasteiger partial charge in [-0.15, -0.1) is 0 Å². The van der Waals surface area contributed by atoms with E-state index < -0.39 is 12.1 Å². The number of hydrogen-bond donors (Lipinski definition) is 4. The van der Waals surface area contributed by atoms with E-state index in [1.165, 1.54) is 0 Å². The summed E-state index contributed by atoms with van der Waals surface area (Å²) in [6, 6.07) is 0. The van der Waals surface area contributed by atoms with Gasteiger partial charge in [0.1, 0.15) is 0 Å². The van der Waals surface area contributed by atoms with Crippen LogP contribution in [0.15, 0.2) is 0 Å². The molecule has 30 heavy (non-hydrogen) atoms. The van der Waals surface area contributed by atoms with E-state index in [1.54, 1.807) is 0 Å². The Kier molecular flexibility index (Phi) is 7.45. The Labute approximate surface area is 203 Å². The molecule has 0 aromatic heterocycles. The molecule has 0 aliphatic heterocycles. The van der Waals surface area contributed by atoms with Crippen molar-refractivity contribution in [2.75, 3.05) is 0 Å². The van der Waals surface area contributed by atoms with Crippen molar-refractivity contribution in [1.29, 1.82) is 0 Å². The van der Waals surface area contributed by atoms with Crippen molar-refractivity contribution in [3.63, 3.8) is 0 Å². The topological polar surface area (TPSA) is 98.0 Å². The van der Waals surface area contributed by atoms with Crippen LogP contribution < -0.4 is 0 Å². The van der Waals surface area contributed by atoms with Crippen molar-refractivity contribution in [3.8, 4) is 0 Å². The first kappa shape index (κ1) is 25.0. The molecule has 0 radical (unpaired) electrons. The summed E-state index contributed by atoms with van der Waals surface area (Å²) in [6.07, 6.45) is 6.00. The van der Waals surface area contributed by atoms with Crippen molar-refractivity contribution >= 4 is 35.5 Å². The Morgan fingerprint density at radius 2 is 1.73 bits per heavy atom. The fourth-order valence-corrected chi connectivity index (χ4v) is 8.68. The van der Waals surface area contributed by atoms with Gasteiger partial charge in [0.25, 0.3) is 0 Å². The van der Waals surface area contributed by atoms with Crippen LogP contribution in [0.1, 0.15) is 78.6 Å². The Morgan fingerprint density at radius 1 is 1.03 bits per heavy atom. The summed E-state index contributed by atoms with van der Waals surface area (Å²) in [6.45, 7) is 6.72. The fourth-order valence-electron chi connectivity index (χ4n) is 8.68. The minimum absolute atomic E-state index is 0. The number of aliphatic hydroxyl groups excluding tert-OH is 3. The molecule has 6 heteroatoms. The number of carboxylic acids is 1. The first-order chi connectivity index (χ1) is 13.6. The van der Waals surface area contributed by atoms with Crippen LogP contribution in [0.2, 0.25) is 0 Å².